The van der Waals surface area contributed by atoms with Crippen LogP contribution >= 0.6 is 0 Å². The number of nitrogens with one attached hydrogen (secondary N) is 1. The van der Waals surface area contributed by atoms with Crippen molar-refractivity contribution in [3.8, 4) is 0 Å². The molecule has 1 unspecified atom stereocenters. The standard InChI is InChI=1S/C9H19NO3/c1-3-10-8(2)9(11)6-12-4-5-13-7-9/h8,10-11H,3-7H2,1-2H3. The van der Waals surface area contributed by atoms with Gasteiger partial charge in [-0.15, -0.1) is 0 Å². The monoisotopic (exact) mass is 189 g/mol. The average molecular weight is 189 g/mol. The van der Waals surface area contributed by atoms with Crippen LogP contribution in [0.5, 0.6) is 0 Å². The summed E-state index contributed by atoms with van der Waals surface area (Å²) in [5, 5.41) is 13.3. The Balaban J connectivity index is 2.49. The molecule has 78 valence electrons. The van der Waals surface area contributed by atoms with E-state index in [1.165, 1.54) is 0 Å². The SMILES string of the molecule is CCNC(C)C1(O)COCCOC1. The highest BCUT2D eigenvalue weighted by molar-refractivity contribution is 4.89. The second-order valence-corrected chi connectivity index (χ2v) is 3.49. The van der Waals surface area contributed by atoms with Crippen LogP contribution in [0.3, 0.4) is 0 Å². The molecule has 1 rings (SSSR count). The number of likely N-dealkylation sites (N-methyl/N-ethyl adjacent to an activating group) is 1. The van der Waals surface area contributed by atoms with Gasteiger partial charge in [0.25, 0.3) is 0 Å². The molecule has 4 heteroatoms. The number of rotatable bonds is 3. The van der Waals surface area contributed by atoms with Gasteiger partial charge in [0.05, 0.1) is 26.4 Å². The fraction of sp³-hybridized carbons (Fsp3) is 1.00. The van der Waals surface area contributed by atoms with Crippen molar-refractivity contribution >= 4 is 0 Å². The maximum atomic E-state index is 10.1. The summed E-state index contributed by atoms with van der Waals surface area (Å²) in [4.78, 5) is 0. The van der Waals surface area contributed by atoms with Crippen LogP contribution in [0.4, 0.5) is 0 Å². The van der Waals surface area contributed by atoms with Crippen molar-refractivity contribution < 1.29 is 14.6 Å². The summed E-state index contributed by atoms with van der Waals surface area (Å²) in [7, 11) is 0. The second-order valence-electron chi connectivity index (χ2n) is 3.49. The van der Waals surface area contributed by atoms with Gasteiger partial charge in [-0.3, -0.25) is 0 Å². The smallest absolute Gasteiger partial charge is 0.126 e. The molecular formula is C9H19NO3. The Hall–Kier alpha value is -0.160. The molecule has 2 N–H and O–H groups in total. The van der Waals surface area contributed by atoms with Gasteiger partial charge in [-0.1, -0.05) is 6.92 Å². The first-order chi connectivity index (χ1) is 6.19. The van der Waals surface area contributed by atoms with E-state index in [2.05, 4.69) is 5.32 Å². The van der Waals surface area contributed by atoms with Gasteiger partial charge in [0.15, 0.2) is 0 Å². The molecule has 1 aliphatic rings. The third-order valence-electron chi connectivity index (χ3n) is 2.39. The van der Waals surface area contributed by atoms with Crippen LogP contribution in [0.1, 0.15) is 13.8 Å². The zero-order valence-electron chi connectivity index (χ0n) is 8.38. The zero-order chi connectivity index (χ0) is 9.73. The molecule has 1 saturated heterocycles. The van der Waals surface area contributed by atoms with E-state index in [4.69, 9.17) is 9.47 Å². The third-order valence-corrected chi connectivity index (χ3v) is 2.39. The van der Waals surface area contributed by atoms with Crippen molar-refractivity contribution in [3.63, 3.8) is 0 Å². The lowest BCUT2D eigenvalue weighted by atomic mass is 9.97. The lowest BCUT2D eigenvalue weighted by Crippen LogP contribution is -2.54. The van der Waals surface area contributed by atoms with Gasteiger partial charge < -0.3 is 19.9 Å². The van der Waals surface area contributed by atoms with E-state index >= 15 is 0 Å². The van der Waals surface area contributed by atoms with Crippen molar-refractivity contribution in [1.29, 1.82) is 0 Å². The lowest BCUT2D eigenvalue weighted by molar-refractivity contribution is -0.0755. The van der Waals surface area contributed by atoms with Gasteiger partial charge in [-0.05, 0) is 13.5 Å². The molecule has 0 aromatic carbocycles. The topological polar surface area (TPSA) is 50.7 Å². The van der Waals surface area contributed by atoms with Crippen LogP contribution in [0.25, 0.3) is 0 Å². The van der Waals surface area contributed by atoms with Crippen LogP contribution < -0.4 is 5.32 Å². The van der Waals surface area contributed by atoms with Crippen LogP contribution in [0, 0.1) is 0 Å². The van der Waals surface area contributed by atoms with E-state index < -0.39 is 5.60 Å². The van der Waals surface area contributed by atoms with Crippen molar-refractivity contribution in [3.05, 3.63) is 0 Å². The molecule has 13 heavy (non-hydrogen) atoms. The second kappa shape index (κ2) is 4.91. The van der Waals surface area contributed by atoms with Gasteiger partial charge in [-0.25, -0.2) is 0 Å². The fourth-order valence-corrected chi connectivity index (χ4v) is 1.40. The van der Waals surface area contributed by atoms with Crippen molar-refractivity contribution in [2.75, 3.05) is 33.0 Å². The maximum Gasteiger partial charge on any atom is 0.126 e. The summed E-state index contributed by atoms with van der Waals surface area (Å²) in [6.07, 6.45) is 0. The highest BCUT2D eigenvalue weighted by atomic mass is 16.6. The van der Waals surface area contributed by atoms with Crippen LogP contribution in [-0.4, -0.2) is 49.7 Å². The molecule has 0 bridgehead atoms. The summed E-state index contributed by atoms with van der Waals surface area (Å²) in [5.74, 6) is 0. The Morgan fingerprint density at radius 2 is 1.92 bits per heavy atom. The highest BCUT2D eigenvalue weighted by Gasteiger charge is 2.35. The predicted molar refractivity (Wildman–Crippen MR) is 49.7 cm³/mol. The van der Waals surface area contributed by atoms with E-state index in [9.17, 15) is 5.11 Å². The molecule has 0 spiro atoms. The summed E-state index contributed by atoms with van der Waals surface area (Å²) >= 11 is 0. The van der Waals surface area contributed by atoms with E-state index in [0.29, 0.717) is 26.4 Å². The molecule has 1 aliphatic heterocycles. The van der Waals surface area contributed by atoms with Crippen molar-refractivity contribution in [1.82, 2.24) is 5.32 Å². The Labute approximate surface area is 79.2 Å². The third kappa shape index (κ3) is 2.91. The molecular weight excluding hydrogens is 170 g/mol. The van der Waals surface area contributed by atoms with Crippen molar-refractivity contribution in [2.45, 2.75) is 25.5 Å². The van der Waals surface area contributed by atoms with E-state index in [1.807, 2.05) is 13.8 Å². The van der Waals surface area contributed by atoms with Gasteiger partial charge in [-0.2, -0.15) is 0 Å². The number of hydrogen-bond acceptors (Lipinski definition) is 4. The Morgan fingerprint density at radius 1 is 1.38 bits per heavy atom. The minimum atomic E-state index is -0.882. The largest absolute Gasteiger partial charge is 0.383 e. The average Bonchev–Trinajstić information content (AvgIpc) is 2.32. The maximum absolute atomic E-state index is 10.1. The van der Waals surface area contributed by atoms with E-state index in [0.717, 1.165) is 6.54 Å². The Kier molecular flexibility index (Phi) is 4.12. The van der Waals surface area contributed by atoms with Gasteiger partial charge in [0.2, 0.25) is 0 Å². The molecule has 0 aliphatic carbocycles. The molecule has 0 aromatic rings. The molecule has 1 atom stereocenters. The summed E-state index contributed by atoms with van der Waals surface area (Å²) in [6.45, 7) is 6.63. The minimum absolute atomic E-state index is 0.00407. The van der Waals surface area contributed by atoms with Crippen LogP contribution in [0.15, 0.2) is 0 Å². The van der Waals surface area contributed by atoms with Crippen LogP contribution in [0.2, 0.25) is 0 Å². The Morgan fingerprint density at radius 3 is 2.38 bits per heavy atom. The van der Waals surface area contributed by atoms with Gasteiger partial charge >= 0.3 is 0 Å². The first kappa shape index (κ1) is 10.9. The van der Waals surface area contributed by atoms with Gasteiger partial charge in [0.1, 0.15) is 5.60 Å². The molecule has 0 aromatic heterocycles. The van der Waals surface area contributed by atoms with Gasteiger partial charge in [0, 0.05) is 6.04 Å². The minimum Gasteiger partial charge on any atom is -0.383 e. The number of hydrogen-bond donors (Lipinski definition) is 2. The Bertz CT molecular complexity index is 144. The lowest BCUT2D eigenvalue weighted by Gasteiger charge is -2.32. The number of aliphatic hydroxyl groups is 1. The first-order valence-electron chi connectivity index (χ1n) is 4.80. The fourth-order valence-electron chi connectivity index (χ4n) is 1.40. The quantitative estimate of drug-likeness (QED) is 0.643. The highest BCUT2D eigenvalue weighted by Crippen LogP contribution is 2.14. The summed E-state index contributed by atoms with van der Waals surface area (Å²) in [5.41, 5.74) is -0.882. The van der Waals surface area contributed by atoms with Crippen LogP contribution in [-0.2, 0) is 9.47 Å². The number of ether oxygens (including phenoxy) is 2. The first-order valence-corrected chi connectivity index (χ1v) is 4.80. The zero-order valence-corrected chi connectivity index (χ0v) is 8.38. The predicted octanol–water partition coefficient (Wildman–Crippen LogP) is -0.238. The van der Waals surface area contributed by atoms with E-state index in [-0.39, 0.29) is 6.04 Å². The van der Waals surface area contributed by atoms with Crippen molar-refractivity contribution in [2.24, 2.45) is 0 Å². The summed E-state index contributed by atoms with van der Waals surface area (Å²) in [6, 6.07) is -0.00407. The molecule has 0 amide bonds. The van der Waals surface area contributed by atoms with E-state index in [1.54, 1.807) is 0 Å². The molecule has 1 fully saturated rings. The molecule has 4 nitrogen and oxygen atoms in total. The molecule has 0 radical (unpaired) electrons. The molecule has 0 saturated carbocycles. The normalized spacial score (nSPS) is 25.2. The summed E-state index contributed by atoms with van der Waals surface area (Å²) < 4.78 is 10.5. The molecule has 1 heterocycles.